The highest BCUT2D eigenvalue weighted by molar-refractivity contribution is 6.36. The third-order valence-electron chi connectivity index (χ3n) is 4.18. The van der Waals surface area contributed by atoms with Gasteiger partial charge in [0.15, 0.2) is 0 Å². The van der Waals surface area contributed by atoms with E-state index in [9.17, 15) is 14.4 Å². The summed E-state index contributed by atoms with van der Waals surface area (Å²) in [5.74, 6) is -1.63. The van der Waals surface area contributed by atoms with E-state index in [2.05, 4.69) is 10.6 Å². The highest BCUT2D eigenvalue weighted by Gasteiger charge is 2.32. The molecule has 0 spiro atoms. The molecule has 0 aromatic heterocycles. The molecule has 0 radical (unpaired) electrons. The van der Waals surface area contributed by atoms with Crippen LogP contribution in [0.3, 0.4) is 0 Å². The van der Waals surface area contributed by atoms with E-state index < -0.39 is 29.4 Å². The molecule has 1 rings (SSSR count). The Morgan fingerprint density at radius 2 is 1.66 bits per heavy atom. The first-order valence-corrected chi connectivity index (χ1v) is 10.4. The van der Waals surface area contributed by atoms with Gasteiger partial charge in [0.05, 0.1) is 6.04 Å². The van der Waals surface area contributed by atoms with Crippen molar-refractivity contribution in [1.82, 2.24) is 10.6 Å². The van der Waals surface area contributed by atoms with Crippen LogP contribution < -0.4 is 10.6 Å². The number of nitrogens with one attached hydrogen (secondary N) is 2. The van der Waals surface area contributed by atoms with Crippen molar-refractivity contribution in [2.24, 2.45) is 5.92 Å². The smallest absolute Gasteiger partial charge is 0.377 e. The maximum absolute atomic E-state index is 12.9. The van der Waals surface area contributed by atoms with Crippen LogP contribution in [-0.2, 0) is 25.5 Å². The molecule has 0 saturated carbocycles. The summed E-state index contributed by atoms with van der Waals surface area (Å²) >= 11 is 0. The van der Waals surface area contributed by atoms with Gasteiger partial charge in [-0.05, 0) is 51.6 Å². The van der Waals surface area contributed by atoms with Crippen LogP contribution in [0.25, 0.3) is 0 Å². The van der Waals surface area contributed by atoms with Crippen molar-refractivity contribution in [3.8, 4) is 0 Å². The van der Waals surface area contributed by atoms with E-state index >= 15 is 0 Å². The molecule has 6 nitrogen and oxygen atoms in total. The number of hydrogen-bond donors (Lipinski definition) is 2. The van der Waals surface area contributed by atoms with Crippen molar-refractivity contribution in [2.75, 3.05) is 6.54 Å². The van der Waals surface area contributed by atoms with Gasteiger partial charge in [-0.1, -0.05) is 51.1 Å². The van der Waals surface area contributed by atoms with Crippen LogP contribution in [-0.4, -0.2) is 41.9 Å². The van der Waals surface area contributed by atoms with Gasteiger partial charge in [-0.2, -0.15) is 0 Å². The molecule has 0 saturated heterocycles. The minimum atomic E-state index is -0.974. The van der Waals surface area contributed by atoms with E-state index in [1.165, 1.54) is 0 Å². The van der Waals surface area contributed by atoms with E-state index in [-0.39, 0.29) is 12.3 Å². The van der Waals surface area contributed by atoms with Crippen molar-refractivity contribution in [1.29, 1.82) is 0 Å². The lowest BCUT2D eigenvalue weighted by Crippen LogP contribution is -2.53. The Bertz CT molecular complexity index is 665. The summed E-state index contributed by atoms with van der Waals surface area (Å²) in [6.45, 7) is 11.9. The molecule has 2 N–H and O–H groups in total. The van der Waals surface area contributed by atoms with E-state index in [0.29, 0.717) is 18.9 Å². The van der Waals surface area contributed by atoms with Crippen LogP contribution in [0.4, 0.5) is 0 Å². The summed E-state index contributed by atoms with van der Waals surface area (Å²) in [7, 11) is 0. The van der Waals surface area contributed by atoms with Crippen molar-refractivity contribution in [3.63, 3.8) is 0 Å². The first-order chi connectivity index (χ1) is 13.5. The SMILES string of the molecule is CCCN[C@@H](CC(C)C)C(=O)N[C@@H](Cc1ccccc1)C(=O)C(=O)OC(C)(C)C. The lowest BCUT2D eigenvalue weighted by atomic mass is 9.99. The zero-order valence-corrected chi connectivity index (χ0v) is 18.6. The minimum Gasteiger partial charge on any atom is -0.454 e. The van der Waals surface area contributed by atoms with Crippen LogP contribution in [0.15, 0.2) is 30.3 Å². The van der Waals surface area contributed by atoms with Gasteiger partial charge in [-0.3, -0.25) is 9.59 Å². The Balaban J connectivity index is 3.01. The van der Waals surface area contributed by atoms with Crippen LogP contribution in [0.1, 0.15) is 59.9 Å². The van der Waals surface area contributed by atoms with Gasteiger partial charge in [-0.25, -0.2) is 4.79 Å². The predicted octanol–water partition coefficient (Wildman–Crippen LogP) is 3.04. The van der Waals surface area contributed by atoms with Crippen molar-refractivity contribution < 1.29 is 19.1 Å². The second-order valence-corrected chi connectivity index (χ2v) is 8.75. The second-order valence-electron chi connectivity index (χ2n) is 8.75. The maximum Gasteiger partial charge on any atom is 0.377 e. The third-order valence-corrected chi connectivity index (χ3v) is 4.18. The molecule has 0 aliphatic carbocycles. The third kappa shape index (κ3) is 9.70. The Morgan fingerprint density at radius 1 is 1.03 bits per heavy atom. The van der Waals surface area contributed by atoms with E-state index in [0.717, 1.165) is 12.0 Å². The Labute approximate surface area is 174 Å². The quantitative estimate of drug-likeness (QED) is 0.437. The molecule has 0 aliphatic rings. The van der Waals surface area contributed by atoms with Gasteiger partial charge in [0.1, 0.15) is 11.6 Å². The van der Waals surface area contributed by atoms with Crippen molar-refractivity contribution in [2.45, 2.75) is 78.5 Å². The van der Waals surface area contributed by atoms with Gasteiger partial charge in [0, 0.05) is 6.42 Å². The first-order valence-electron chi connectivity index (χ1n) is 10.4. The molecular weight excluding hydrogens is 368 g/mol. The van der Waals surface area contributed by atoms with Crippen LogP contribution >= 0.6 is 0 Å². The fraction of sp³-hybridized carbons (Fsp3) is 0.609. The van der Waals surface area contributed by atoms with E-state index in [1.807, 2.05) is 51.1 Å². The molecule has 1 aromatic rings. The number of ether oxygens (including phenoxy) is 1. The number of Topliss-reactive ketones (excluding diaryl/α,β-unsaturated/α-hetero) is 1. The average Bonchev–Trinajstić information content (AvgIpc) is 2.63. The summed E-state index contributed by atoms with van der Waals surface area (Å²) < 4.78 is 5.23. The number of hydrogen-bond acceptors (Lipinski definition) is 5. The van der Waals surface area contributed by atoms with Gasteiger partial charge < -0.3 is 15.4 Å². The average molecular weight is 405 g/mol. The topological polar surface area (TPSA) is 84.5 Å². The van der Waals surface area contributed by atoms with Crippen LogP contribution in [0, 0.1) is 5.92 Å². The Morgan fingerprint density at radius 3 is 2.17 bits per heavy atom. The number of rotatable bonds is 11. The Hall–Kier alpha value is -2.21. The fourth-order valence-corrected chi connectivity index (χ4v) is 2.88. The standard InChI is InChI=1S/C23H36N2O4/c1-7-13-24-19(14-16(2)3)21(27)25-18(15-17-11-9-8-10-12-17)20(26)22(28)29-23(4,5)6/h8-12,16,18-19,24H,7,13-15H2,1-6H3,(H,25,27)/t18-,19-/m0/s1. The fourth-order valence-electron chi connectivity index (χ4n) is 2.88. The molecule has 0 unspecified atom stereocenters. The molecule has 1 aromatic carbocycles. The summed E-state index contributed by atoms with van der Waals surface area (Å²) in [6, 6.07) is 7.93. The summed E-state index contributed by atoms with van der Waals surface area (Å²) in [5, 5.41) is 6.03. The predicted molar refractivity (Wildman–Crippen MR) is 114 cm³/mol. The number of carbonyl (C=O) groups excluding carboxylic acids is 3. The summed E-state index contributed by atoms with van der Waals surface area (Å²) in [4.78, 5) is 38.1. The maximum atomic E-state index is 12.9. The summed E-state index contributed by atoms with van der Waals surface area (Å²) in [5.41, 5.74) is 0.0772. The molecule has 1 amide bonds. The number of ketones is 1. The minimum absolute atomic E-state index is 0.229. The van der Waals surface area contributed by atoms with Crippen molar-refractivity contribution >= 4 is 17.7 Å². The monoisotopic (exact) mass is 404 g/mol. The molecule has 2 atom stereocenters. The van der Waals surface area contributed by atoms with E-state index in [1.54, 1.807) is 20.8 Å². The second kappa shape index (κ2) is 11.7. The van der Waals surface area contributed by atoms with Gasteiger partial charge >= 0.3 is 5.97 Å². The van der Waals surface area contributed by atoms with Crippen molar-refractivity contribution in [3.05, 3.63) is 35.9 Å². The number of benzene rings is 1. The highest BCUT2D eigenvalue weighted by Crippen LogP contribution is 2.12. The van der Waals surface area contributed by atoms with Gasteiger partial charge in [-0.15, -0.1) is 0 Å². The van der Waals surface area contributed by atoms with Gasteiger partial charge in [0.2, 0.25) is 5.91 Å². The number of amides is 1. The van der Waals surface area contributed by atoms with Crippen LogP contribution in [0.5, 0.6) is 0 Å². The largest absolute Gasteiger partial charge is 0.454 e. The summed E-state index contributed by atoms with van der Waals surface area (Å²) in [6.07, 6.45) is 1.77. The zero-order chi connectivity index (χ0) is 22.0. The molecule has 0 fully saturated rings. The lowest BCUT2D eigenvalue weighted by molar-refractivity contribution is -0.163. The molecule has 29 heavy (non-hydrogen) atoms. The number of esters is 1. The molecule has 6 heteroatoms. The molecule has 0 bridgehead atoms. The molecule has 162 valence electrons. The van der Waals surface area contributed by atoms with Gasteiger partial charge in [0.25, 0.3) is 5.78 Å². The zero-order valence-electron chi connectivity index (χ0n) is 18.6. The molecule has 0 aliphatic heterocycles. The molecular formula is C23H36N2O4. The molecule has 0 heterocycles. The number of carbonyl (C=O) groups is 3. The van der Waals surface area contributed by atoms with E-state index in [4.69, 9.17) is 4.74 Å². The Kier molecular flexibility index (Phi) is 10.0. The lowest BCUT2D eigenvalue weighted by Gasteiger charge is -2.25. The normalized spacial score (nSPS) is 13.6. The first kappa shape index (κ1) is 24.8. The van der Waals surface area contributed by atoms with Crippen LogP contribution in [0.2, 0.25) is 0 Å². The highest BCUT2D eigenvalue weighted by atomic mass is 16.6.